The van der Waals surface area contributed by atoms with Gasteiger partial charge in [-0.3, -0.25) is 4.90 Å². The smallest absolute Gasteiger partial charge is 0.0672 e. The normalized spacial score (nSPS) is 36.4. The molecule has 1 saturated carbocycles. The lowest BCUT2D eigenvalue weighted by Crippen LogP contribution is -2.43. The van der Waals surface area contributed by atoms with E-state index in [4.69, 9.17) is 0 Å². The monoisotopic (exact) mass is 248 g/mol. The van der Waals surface area contributed by atoms with Gasteiger partial charge in [0.2, 0.25) is 0 Å². The van der Waals surface area contributed by atoms with Gasteiger partial charge in [-0.25, -0.2) is 0 Å². The Hall–Kier alpha value is -0.550. The second kappa shape index (κ2) is 5.61. The first kappa shape index (κ1) is 13.9. The van der Waals surface area contributed by atoms with Crippen LogP contribution in [-0.2, 0) is 0 Å². The zero-order valence-electron chi connectivity index (χ0n) is 12.3. The van der Waals surface area contributed by atoms with E-state index in [0.29, 0.717) is 11.5 Å². The van der Waals surface area contributed by atoms with Crippen LogP contribution in [0.5, 0.6) is 0 Å². The molecule has 1 heterocycles. The van der Waals surface area contributed by atoms with Crippen molar-refractivity contribution < 1.29 is 0 Å². The van der Waals surface area contributed by atoms with Crippen LogP contribution in [-0.4, -0.2) is 24.0 Å². The summed E-state index contributed by atoms with van der Waals surface area (Å²) in [7, 11) is 0. The number of hydrogen-bond acceptors (Lipinski definition) is 2. The molecular weight excluding hydrogens is 220 g/mol. The van der Waals surface area contributed by atoms with Gasteiger partial charge < -0.3 is 0 Å². The second-order valence-electron chi connectivity index (χ2n) is 7.16. The Bertz CT molecular complexity index is 316. The first-order chi connectivity index (χ1) is 8.55. The highest BCUT2D eigenvalue weighted by Gasteiger charge is 2.39. The average Bonchev–Trinajstić information content (AvgIpc) is 2.70. The predicted octanol–water partition coefficient (Wildman–Crippen LogP) is 3.83. The molecular formula is C16H28N2. The summed E-state index contributed by atoms with van der Waals surface area (Å²) >= 11 is 0. The molecule has 0 N–H and O–H groups in total. The quantitative estimate of drug-likeness (QED) is 0.759. The topological polar surface area (TPSA) is 27.0 Å². The molecule has 0 aromatic rings. The number of likely N-dealkylation sites (tertiary alicyclic amines) is 1. The van der Waals surface area contributed by atoms with Gasteiger partial charge in [0.25, 0.3) is 0 Å². The minimum Gasteiger partial charge on any atom is -0.299 e. The molecule has 102 valence electrons. The van der Waals surface area contributed by atoms with Crippen molar-refractivity contribution >= 4 is 0 Å². The Morgan fingerprint density at radius 1 is 1.33 bits per heavy atom. The first-order valence-electron chi connectivity index (χ1n) is 7.69. The van der Waals surface area contributed by atoms with Crippen LogP contribution in [0.2, 0.25) is 0 Å². The molecule has 2 heteroatoms. The third-order valence-electron chi connectivity index (χ3n) is 4.96. The summed E-state index contributed by atoms with van der Waals surface area (Å²) in [6, 6.07) is 3.12. The van der Waals surface area contributed by atoms with Crippen molar-refractivity contribution in [2.24, 2.45) is 17.3 Å². The summed E-state index contributed by atoms with van der Waals surface area (Å²) in [5, 5.41) is 9.39. The third-order valence-corrected chi connectivity index (χ3v) is 4.96. The van der Waals surface area contributed by atoms with Crippen LogP contribution in [0.4, 0.5) is 0 Å². The molecule has 2 nitrogen and oxygen atoms in total. The van der Waals surface area contributed by atoms with Crippen molar-refractivity contribution in [2.45, 2.75) is 65.3 Å². The Kier molecular flexibility index (Phi) is 4.33. The van der Waals surface area contributed by atoms with Gasteiger partial charge in [0.15, 0.2) is 0 Å². The van der Waals surface area contributed by atoms with Crippen molar-refractivity contribution in [1.29, 1.82) is 5.26 Å². The van der Waals surface area contributed by atoms with E-state index in [0.717, 1.165) is 12.3 Å². The van der Waals surface area contributed by atoms with E-state index in [1.165, 1.54) is 45.2 Å². The maximum atomic E-state index is 9.39. The molecule has 2 fully saturated rings. The maximum absolute atomic E-state index is 9.39. The fraction of sp³-hybridized carbons (Fsp3) is 0.938. The van der Waals surface area contributed by atoms with Gasteiger partial charge in [-0.1, -0.05) is 33.6 Å². The van der Waals surface area contributed by atoms with Crippen LogP contribution >= 0.6 is 0 Å². The van der Waals surface area contributed by atoms with Crippen LogP contribution in [0.1, 0.15) is 59.3 Å². The predicted molar refractivity (Wildman–Crippen MR) is 75.1 cm³/mol. The molecule has 0 radical (unpaired) electrons. The maximum Gasteiger partial charge on any atom is 0.0672 e. The molecule has 1 aliphatic heterocycles. The SMILES string of the molecule is CCCC1CCC(C#N)C(N2CCC(C)(C)C2)C1. The fourth-order valence-corrected chi connectivity index (χ4v) is 3.89. The fourth-order valence-electron chi connectivity index (χ4n) is 3.89. The van der Waals surface area contributed by atoms with Crippen molar-refractivity contribution in [1.82, 2.24) is 4.90 Å². The molecule has 2 rings (SSSR count). The molecule has 2 aliphatic rings. The zero-order valence-corrected chi connectivity index (χ0v) is 12.3. The highest BCUT2D eigenvalue weighted by molar-refractivity contribution is 5.00. The molecule has 1 saturated heterocycles. The number of hydrogen-bond donors (Lipinski definition) is 0. The van der Waals surface area contributed by atoms with Crippen molar-refractivity contribution in [3.05, 3.63) is 0 Å². The summed E-state index contributed by atoms with van der Waals surface area (Å²) in [5.74, 6) is 1.15. The Morgan fingerprint density at radius 2 is 2.11 bits per heavy atom. The lowest BCUT2D eigenvalue weighted by molar-refractivity contribution is 0.111. The van der Waals surface area contributed by atoms with Gasteiger partial charge in [0.1, 0.15) is 0 Å². The van der Waals surface area contributed by atoms with E-state index in [9.17, 15) is 5.26 Å². The average molecular weight is 248 g/mol. The molecule has 0 spiro atoms. The zero-order chi connectivity index (χ0) is 13.2. The summed E-state index contributed by atoms with van der Waals surface area (Å²) in [4.78, 5) is 2.62. The highest BCUT2D eigenvalue weighted by Crippen LogP contribution is 2.39. The number of nitriles is 1. The van der Waals surface area contributed by atoms with E-state index in [-0.39, 0.29) is 5.92 Å². The molecule has 0 aromatic heterocycles. The van der Waals surface area contributed by atoms with Crippen molar-refractivity contribution in [3.8, 4) is 6.07 Å². The lowest BCUT2D eigenvalue weighted by Gasteiger charge is -2.39. The van der Waals surface area contributed by atoms with Gasteiger partial charge in [0, 0.05) is 12.6 Å². The minimum atomic E-state index is 0.284. The standard InChI is InChI=1S/C16H28N2/c1-4-5-13-6-7-14(11-17)15(10-13)18-9-8-16(2,3)12-18/h13-15H,4-10,12H2,1-3H3. The Morgan fingerprint density at radius 3 is 2.67 bits per heavy atom. The molecule has 18 heavy (non-hydrogen) atoms. The highest BCUT2D eigenvalue weighted by atomic mass is 15.2. The number of rotatable bonds is 3. The summed E-state index contributed by atoms with van der Waals surface area (Å²) in [5.41, 5.74) is 0.456. The number of nitrogens with zero attached hydrogens (tertiary/aromatic N) is 2. The van der Waals surface area contributed by atoms with Crippen molar-refractivity contribution in [3.63, 3.8) is 0 Å². The van der Waals surface area contributed by atoms with E-state index < -0.39 is 0 Å². The molecule has 1 aliphatic carbocycles. The molecule has 3 unspecified atom stereocenters. The van der Waals surface area contributed by atoms with Crippen LogP contribution in [0.25, 0.3) is 0 Å². The largest absolute Gasteiger partial charge is 0.299 e. The van der Waals surface area contributed by atoms with Gasteiger partial charge >= 0.3 is 0 Å². The lowest BCUT2D eigenvalue weighted by atomic mass is 9.76. The van der Waals surface area contributed by atoms with E-state index in [2.05, 4.69) is 31.7 Å². The van der Waals surface area contributed by atoms with Gasteiger partial charge in [-0.2, -0.15) is 5.26 Å². The van der Waals surface area contributed by atoms with E-state index in [1.807, 2.05) is 0 Å². The van der Waals surface area contributed by atoms with Crippen LogP contribution in [0.15, 0.2) is 0 Å². The Balaban J connectivity index is 2.01. The second-order valence-corrected chi connectivity index (χ2v) is 7.16. The molecule has 0 amide bonds. The van der Waals surface area contributed by atoms with Crippen LogP contribution in [0.3, 0.4) is 0 Å². The molecule has 0 aromatic carbocycles. The van der Waals surface area contributed by atoms with Gasteiger partial charge in [-0.15, -0.1) is 0 Å². The summed E-state index contributed by atoms with van der Waals surface area (Å²) < 4.78 is 0. The van der Waals surface area contributed by atoms with Gasteiger partial charge in [-0.05, 0) is 43.6 Å². The van der Waals surface area contributed by atoms with Crippen LogP contribution < -0.4 is 0 Å². The third kappa shape index (κ3) is 3.06. The van der Waals surface area contributed by atoms with E-state index >= 15 is 0 Å². The summed E-state index contributed by atoms with van der Waals surface area (Å²) in [6.45, 7) is 9.40. The summed E-state index contributed by atoms with van der Waals surface area (Å²) in [6.07, 6.45) is 7.61. The van der Waals surface area contributed by atoms with Gasteiger partial charge in [0.05, 0.1) is 12.0 Å². The van der Waals surface area contributed by atoms with Crippen molar-refractivity contribution in [2.75, 3.05) is 13.1 Å². The van der Waals surface area contributed by atoms with E-state index in [1.54, 1.807) is 0 Å². The minimum absolute atomic E-state index is 0.284. The first-order valence-corrected chi connectivity index (χ1v) is 7.69. The molecule has 0 bridgehead atoms. The van der Waals surface area contributed by atoms with Crippen LogP contribution in [0, 0.1) is 28.6 Å². The molecule has 3 atom stereocenters. The Labute approximate surface area is 112 Å².